The maximum atomic E-state index is 12.4. The molecule has 0 N–H and O–H groups in total. The van der Waals surface area contributed by atoms with Crippen molar-refractivity contribution in [3.63, 3.8) is 0 Å². The second-order valence-corrected chi connectivity index (χ2v) is 4.38. The number of halogens is 4. The first-order valence-electron chi connectivity index (χ1n) is 5.57. The van der Waals surface area contributed by atoms with Crippen molar-refractivity contribution < 1.29 is 22.8 Å². The molecule has 0 aliphatic heterocycles. The number of nitro groups is 1. The van der Waals surface area contributed by atoms with Gasteiger partial charge in [-0.1, -0.05) is 17.7 Å². The Morgan fingerprint density at radius 1 is 1.10 bits per heavy atom. The fraction of sp³-hybridized carbons (Fsp3) is 0.0769. The summed E-state index contributed by atoms with van der Waals surface area (Å²) in [5, 5.41) is 10.8. The minimum atomic E-state index is -4.46. The number of hydrogen-bond donors (Lipinski definition) is 0. The molecule has 0 bridgehead atoms. The molecule has 2 rings (SSSR count). The molecule has 0 spiro atoms. The van der Waals surface area contributed by atoms with Crippen LogP contribution in [-0.4, -0.2) is 4.92 Å². The molecule has 4 nitrogen and oxygen atoms in total. The molecule has 8 heteroatoms. The molecule has 0 saturated heterocycles. The maximum absolute atomic E-state index is 12.4. The molecule has 2 aromatic rings. The lowest BCUT2D eigenvalue weighted by Gasteiger charge is -2.09. The Balaban J connectivity index is 2.31. The van der Waals surface area contributed by atoms with Gasteiger partial charge in [0.25, 0.3) is 0 Å². The highest BCUT2D eigenvalue weighted by Crippen LogP contribution is 2.37. The second-order valence-electron chi connectivity index (χ2n) is 3.97. The molecular weight excluding hydrogens is 311 g/mol. The van der Waals surface area contributed by atoms with Crippen molar-refractivity contribution in [2.45, 2.75) is 6.18 Å². The van der Waals surface area contributed by atoms with E-state index >= 15 is 0 Å². The van der Waals surface area contributed by atoms with Gasteiger partial charge in [-0.25, -0.2) is 0 Å². The maximum Gasteiger partial charge on any atom is 0.416 e. The highest BCUT2D eigenvalue weighted by molar-refractivity contribution is 6.32. The van der Waals surface area contributed by atoms with Crippen molar-refractivity contribution in [2.24, 2.45) is 0 Å². The summed E-state index contributed by atoms with van der Waals surface area (Å²) in [6.07, 6.45) is -4.46. The van der Waals surface area contributed by atoms with E-state index in [2.05, 4.69) is 0 Å². The largest absolute Gasteiger partial charge is 0.450 e. The molecule has 0 fully saturated rings. The van der Waals surface area contributed by atoms with Crippen molar-refractivity contribution >= 4 is 17.3 Å². The van der Waals surface area contributed by atoms with Crippen LogP contribution in [0.1, 0.15) is 5.56 Å². The molecule has 110 valence electrons. The standard InChI is InChI=1S/C13H7ClF3NO3/c14-10-2-1-3-11(12(10)18(19)20)21-9-6-4-8(5-7-9)13(15,16)17/h1-7H. The Labute approximate surface area is 121 Å². The van der Waals surface area contributed by atoms with E-state index in [1.807, 2.05) is 0 Å². The molecular formula is C13H7ClF3NO3. The summed E-state index contributed by atoms with van der Waals surface area (Å²) >= 11 is 5.71. The van der Waals surface area contributed by atoms with E-state index in [1.165, 1.54) is 18.2 Å². The first kappa shape index (κ1) is 15.1. The molecule has 0 amide bonds. The van der Waals surface area contributed by atoms with Gasteiger partial charge in [-0.15, -0.1) is 0 Å². The van der Waals surface area contributed by atoms with E-state index in [-0.39, 0.29) is 16.5 Å². The predicted octanol–water partition coefficient (Wildman–Crippen LogP) is 5.06. The van der Waals surface area contributed by atoms with E-state index < -0.39 is 22.4 Å². The number of hydrogen-bond acceptors (Lipinski definition) is 3. The SMILES string of the molecule is O=[N+]([O-])c1c(Cl)cccc1Oc1ccc(C(F)(F)F)cc1. The van der Waals surface area contributed by atoms with Gasteiger partial charge in [0.1, 0.15) is 10.8 Å². The second kappa shape index (κ2) is 5.61. The molecule has 0 atom stereocenters. The molecule has 0 aliphatic carbocycles. The lowest BCUT2D eigenvalue weighted by molar-refractivity contribution is -0.385. The van der Waals surface area contributed by atoms with Crippen LogP contribution in [0, 0.1) is 10.1 Å². The monoisotopic (exact) mass is 317 g/mol. The average Bonchev–Trinajstić information content (AvgIpc) is 2.38. The summed E-state index contributed by atoms with van der Waals surface area (Å²) in [5.74, 6) is -0.111. The number of nitrogens with zero attached hydrogens (tertiary/aromatic N) is 1. The third-order valence-electron chi connectivity index (χ3n) is 2.54. The van der Waals surface area contributed by atoms with Crippen LogP contribution < -0.4 is 4.74 Å². The summed E-state index contributed by atoms with van der Waals surface area (Å²) < 4.78 is 42.5. The number of nitro benzene ring substituents is 1. The lowest BCUT2D eigenvalue weighted by atomic mass is 10.2. The predicted molar refractivity (Wildman–Crippen MR) is 69.6 cm³/mol. The summed E-state index contributed by atoms with van der Waals surface area (Å²) in [7, 11) is 0. The van der Waals surface area contributed by atoms with Gasteiger partial charge in [0.2, 0.25) is 5.75 Å². The number of benzene rings is 2. The molecule has 0 aromatic heterocycles. The fourth-order valence-electron chi connectivity index (χ4n) is 1.59. The fourth-order valence-corrected chi connectivity index (χ4v) is 1.83. The topological polar surface area (TPSA) is 52.4 Å². The van der Waals surface area contributed by atoms with Crippen LogP contribution in [0.3, 0.4) is 0 Å². The Bertz CT molecular complexity index is 671. The highest BCUT2D eigenvalue weighted by atomic mass is 35.5. The summed E-state index contributed by atoms with van der Waals surface area (Å²) in [6.45, 7) is 0. The third kappa shape index (κ3) is 3.43. The molecule has 0 heterocycles. The molecule has 0 radical (unpaired) electrons. The summed E-state index contributed by atoms with van der Waals surface area (Å²) in [6, 6.07) is 7.87. The molecule has 2 aromatic carbocycles. The first-order chi connectivity index (χ1) is 9.79. The van der Waals surface area contributed by atoms with E-state index in [9.17, 15) is 23.3 Å². The zero-order valence-electron chi connectivity index (χ0n) is 10.2. The van der Waals surface area contributed by atoms with Gasteiger partial charge in [-0.3, -0.25) is 10.1 Å². The smallest absolute Gasteiger partial charge is 0.416 e. The van der Waals surface area contributed by atoms with Crippen molar-refractivity contribution in [1.29, 1.82) is 0 Å². The van der Waals surface area contributed by atoms with Crippen LogP contribution in [0.15, 0.2) is 42.5 Å². The highest BCUT2D eigenvalue weighted by Gasteiger charge is 2.30. The Morgan fingerprint density at radius 2 is 1.71 bits per heavy atom. The van der Waals surface area contributed by atoms with Gasteiger partial charge < -0.3 is 4.74 Å². The third-order valence-corrected chi connectivity index (χ3v) is 2.85. The van der Waals surface area contributed by atoms with Gasteiger partial charge in [0, 0.05) is 0 Å². The van der Waals surface area contributed by atoms with Crippen LogP contribution in [0.2, 0.25) is 5.02 Å². The first-order valence-corrected chi connectivity index (χ1v) is 5.95. The Hall–Kier alpha value is -2.28. The summed E-state index contributed by atoms with van der Waals surface area (Å²) in [5.41, 5.74) is -1.28. The molecule has 0 unspecified atom stereocenters. The van der Waals surface area contributed by atoms with Crippen LogP contribution in [-0.2, 0) is 6.18 Å². The van der Waals surface area contributed by atoms with Crippen molar-refractivity contribution in [2.75, 3.05) is 0 Å². The minimum absolute atomic E-state index is 0.0355. The van der Waals surface area contributed by atoms with Gasteiger partial charge >= 0.3 is 11.9 Å². The van der Waals surface area contributed by atoms with Gasteiger partial charge in [0.05, 0.1) is 10.5 Å². The number of ether oxygens (including phenoxy) is 1. The number of rotatable bonds is 3. The van der Waals surface area contributed by atoms with Crippen LogP contribution >= 0.6 is 11.6 Å². The lowest BCUT2D eigenvalue weighted by Crippen LogP contribution is -2.04. The van der Waals surface area contributed by atoms with Crippen molar-refractivity contribution in [1.82, 2.24) is 0 Å². The van der Waals surface area contributed by atoms with Gasteiger partial charge in [0.15, 0.2) is 0 Å². The zero-order chi connectivity index (χ0) is 15.6. The van der Waals surface area contributed by atoms with Crippen molar-refractivity contribution in [3.05, 3.63) is 63.2 Å². The molecule has 21 heavy (non-hydrogen) atoms. The van der Waals surface area contributed by atoms with Crippen LogP contribution in [0.25, 0.3) is 0 Å². The van der Waals surface area contributed by atoms with Crippen molar-refractivity contribution in [3.8, 4) is 11.5 Å². The quantitative estimate of drug-likeness (QED) is 0.587. The minimum Gasteiger partial charge on any atom is -0.450 e. The normalized spacial score (nSPS) is 11.2. The number of alkyl halides is 3. The van der Waals surface area contributed by atoms with Crippen LogP contribution in [0.5, 0.6) is 11.5 Å². The Kier molecular flexibility index (Phi) is 4.04. The summed E-state index contributed by atoms with van der Waals surface area (Å²) in [4.78, 5) is 10.2. The average molecular weight is 318 g/mol. The zero-order valence-corrected chi connectivity index (χ0v) is 11.0. The van der Waals surface area contributed by atoms with E-state index in [0.717, 1.165) is 24.3 Å². The van der Waals surface area contributed by atoms with Gasteiger partial charge in [-0.05, 0) is 36.4 Å². The van der Waals surface area contributed by atoms with E-state index in [0.29, 0.717) is 0 Å². The number of para-hydroxylation sites is 1. The molecule has 0 saturated carbocycles. The molecule has 0 aliphatic rings. The van der Waals surface area contributed by atoms with E-state index in [4.69, 9.17) is 16.3 Å². The van der Waals surface area contributed by atoms with E-state index in [1.54, 1.807) is 0 Å². The Morgan fingerprint density at radius 3 is 2.24 bits per heavy atom. The van der Waals surface area contributed by atoms with Crippen LogP contribution in [0.4, 0.5) is 18.9 Å². The van der Waals surface area contributed by atoms with Gasteiger partial charge in [-0.2, -0.15) is 13.2 Å².